The third-order valence-corrected chi connectivity index (χ3v) is 10.1. The van der Waals surface area contributed by atoms with Crippen molar-refractivity contribution in [3.63, 3.8) is 0 Å². The number of hydrogen-bond donors (Lipinski definition) is 4. The SMILES string of the molecule is COC1OC(CSOc2ccc(-c3ccc(C4C(CCC(O)c5ccc(F)cc5)C(=O)N4c4ccc(F)cc4)cc3C)cc2)C(O)C(O)C1O. The number of anilines is 1. The Bertz CT molecular complexity index is 1760. The van der Waals surface area contributed by atoms with Crippen molar-refractivity contribution in [2.75, 3.05) is 17.8 Å². The van der Waals surface area contributed by atoms with E-state index in [2.05, 4.69) is 0 Å². The van der Waals surface area contributed by atoms with Gasteiger partial charge in [0.1, 0.15) is 41.8 Å². The number of methoxy groups -OCH3 is 1. The van der Waals surface area contributed by atoms with Crippen molar-refractivity contribution in [1.82, 2.24) is 0 Å². The smallest absolute Gasteiger partial charge is 0.233 e. The summed E-state index contributed by atoms with van der Waals surface area (Å²) in [6.45, 7) is 1.99. The molecule has 264 valence electrons. The zero-order chi connectivity index (χ0) is 35.5. The summed E-state index contributed by atoms with van der Waals surface area (Å²) in [5.74, 6) is -0.567. The first kappa shape index (κ1) is 35.9. The molecule has 4 aromatic rings. The highest BCUT2D eigenvalue weighted by atomic mass is 32.2. The van der Waals surface area contributed by atoms with E-state index >= 15 is 0 Å². The first-order valence-corrected chi connectivity index (χ1v) is 17.2. The maximum atomic E-state index is 13.7. The summed E-state index contributed by atoms with van der Waals surface area (Å²) in [5, 5.41) is 41.1. The number of hydrogen-bond acceptors (Lipinski definition) is 9. The highest BCUT2D eigenvalue weighted by molar-refractivity contribution is 7.95. The lowest BCUT2D eigenvalue weighted by Crippen LogP contribution is -2.58. The second-order valence-electron chi connectivity index (χ2n) is 12.6. The van der Waals surface area contributed by atoms with E-state index < -0.39 is 48.5 Å². The summed E-state index contributed by atoms with van der Waals surface area (Å²) in [4.78, 5) is 15.2. The van der Waals surface area contributed by atoms with Gasteiger partial charge in [-0.25, -0.2) is 8.78 Å². The lowest BCUT2D eigenvalue weighted by molar-refractivity contribution is -0.285. The van der Waals surface area contributed by atoms with Crippen molar-refractivity contribution in [1.29, 1.82) is 0 Å². The van der Waals surface area contributed by atoms with Gasteiger partial charge in [-0.15, -0.1) is 0 Å². The molecule has 2 aliphatic heterocycles. The van der Waals surface area contributed by atoms with Gasteiger partial charge < -0.3 is 39.0 Å². The van der Waals surface area contributed by atoms with Crippen molar-refractivity contribution in [2.24, 2.45) is 5.92 Å². The van der Waals surface area contributed by atoms with Crippen molar-refractivity contribution in [3.8, 4) is 16.9 Å². The van der Waals surface area contributed by atoms with Gasteiger partial charge in [0.15, 0.2) is 6.29 Å². The first-order valence-electron chi connectivity index (χ1n) is 16.3. The normalized spacial score (nSPS) is 25.6. The Balaban J connectivity index is 1.14. The maximum Gasteiger partial charge on any atom is 0.233 e. The number of aliphatic hydroxyl groups excluding tert-OH is 4. The minimum atomic E-state index is -1.41. The molecule has 2 fully saturated rings. The van der Waals surface area contributed by atoms with Crippen molar-refractivity contribution in [2.45, 2.75) is 62.6 Å². The summed E-state index contributed by atoms with van der Waals surface area (Å²) >= 11 is 1.04. The van der Waals surface area contributed by atoms with Crippen LogP contribution < -0.4 is 9.08 Å². The molecule has 6 rings (SSSR count). The predicted molar refractivity (Wildman–Crippen MR) is 184 cm³/mol. The molecule has 0 spiro atoms. The standard InChI is InChI=1S/C38H39F2NO8S/c1-21-19-24(7-16-29(21)22-5-14-28(15-6-22)49-50-20-32-34(43)35(44)36(45)38(47-2)48-32)33-30(17-18-31(42)23-3-8-25(39)9-4-23)37(46)41(33)27-12-10-26(40)11-13-27/h3-16,19,30-36,38,42-45H,17-18,20H2,1-2H3. The Morgan fingerprint density at radius 3 is 2.18 bits per heavy atom. The fraction of sp³-hybridized carbons (Fsp3) is 0.342. The van der Waals surface area contributed by atoms with Gasteiger partial charge >= 0.3 is 0 Å². The van der Waals surface area contributed by atoms with E-state index in [4.69, 9.17) is 13.7 Å². The highest BCUT2D eigenvalue weighted by Crippen LogP contribution is 2.47. The second-order valence-corrected chi connectivity index (χ2v) is 13.3. The van der Waals surface area contributed by atoms with Gasteiger partial charge in [0.25, 0.3) is 0 Å². The van der Waals surface area contributed by atoms with E-state index in [0.29, 0.717) is 29.8 Å². The lowest BCUT2D eigenvalue weighted by atomic mass is 9.77. The number of benzene rings is 4. The molecule has 2 saturated heterocycles. The molecule has 0 aliphatic carbocycles. The number of carbonyl (C=O) groups is 1. The van der Waals surface area contributed by atoms with E-state index in [1.807, 2.05) is 49.4 Å². The molecule has 12 heteroatoms. The van der Waals surface area contributed by atoms with Gasteiger partial charge in [0, 0.05) is 12.8 Å². The van der Waals surface area contributed by atoms with Crippen LogP contribution in [0.5, 0.6) is 5.75 Å². The van der Waals surface area contributed by atoms with Crippen LogP contribution in [0, 0.1) is 24.5 Å². The predicted octanol–water partition coefficient (Wildman–Crippen LogP) is 5.64. The van der Waals surface area contributed by atoms with Crippen LogP contribution >= 0.6 is 12.0 Å². The molecular weight excluding hydrogens is 668 g/mol. The Labute approximate surface area is 293 Å². The molecule has 9 nitrogen and oxygen atoms in total. The van der Waals surface area contributed by atoms with Crippen molar-refractivity contribution in [3.05, 3.63) is 119 Å². The van der Waals surface area contributed by atoms with Crippen LogP contribution in [0.4, 0.5) is 14.5 Å². The third kappa shape index (κ3) is 7.57. The van der Waals surface area contributed by atoms with Crippen molar-refractivity contribution >= 4 is 23.6 Å². The maximum absolute atomic E-state index is 13.7. The van der Waals surface area contributed by atoms with Gasteiger partial charge in [-0.2, -0.15) is 0 Å². The Morgan fingerprint density at radius 1 is 0.880 bits per heavy atom. The van der Waals surface area contributed by atoms with Gasteiger partial charge in [-0.3, -0.25) is 4.79 Å². The second kappa shape index (κ2) is 15.6. The molecule has 0 saturated carbocycles. The van der Waals surface area contributed by atoms with E-state index in [0.717, 1.165) is 34.3 Å². The number of ether oxygens (including phenoxy) is 2. The fourth-order valence-corrected chi connectivity index (χ4v) is 7.32. The molecule has 4 N–H and O–H groups in total. The Kier molecular flexibility index (Phi) is 11.2. The van der Waals surface area contributed by atoms with Crippen LogP contribution in [0.3, 0.4) is 0 Å². The zero-order valence-electron chi connectivity index (χ0n) is 27.4. The summed E-state index contributed by atoms with van der Waals surface area (Å²) < 4.78 is 43.5. The van der Waals surface area contributed by atoms with Crippen LogP contribution in [0.25, 0.3) is 11.1 Å². The van der Waals surface area contributed by atoms with E-state index in [1.165, 1.54) is 43.5 Å². The Morgan fingerprint density at radius 2 is 1.54 bits per heavy atom. The number of rotatable bonds is 12. The number of nitrogens with zero attached hydrogens (tertiary/aromatic N) is 1. The molecule has 8 atom stereocenters. The lowest BCUT2D eigenvalue weighted by Gasteiger charge is -2.48. The van der Waals surface area contributed by atoms with Crippen molar-refractivity contribution < 1.29 is 47.7 Å². The first-order chi connectivity index (χ1) is 24.0. The average Bonchev–Trinajstić information content (AvgIpc) is 3.12. The van der Waals surface area contributed by atoms with E-state index in [1.54, 1.807) is 17.0 Å². The van der Waals surface area contributed by atoms with Crippen LogP contribution in [0.1, 0.15) is 41.7 Å². The molecule has 0 bridgehead atoms. The summed E-state index contributed by atoms with van der Waals surface area (Å²) in [6.07, 6.45) is -6.07. The van der Waals surface area contributed by atoms with Crippen LogP contribution in [-0.4, -0.2) is 69.9 Å². The molecule has 0 aromatic heterocycles. The quantitative estimate of drug-likeness (QED) is 0.109. The molecule has 2 aliphatic rings. The third-order valence-electron chi connectivity index (χ3n) is 9.37. The van der Waals surface area contributed by atoms with Gasteiger partial charge in [-0.05, 0) is 96.1 Å². The molecule has 2 heterocycles. The summed E-state index contributed by atoms with van der Waals surface area (Å²) in [6, 6.07) is 24.7. The largest absolute Gasteiger partial charge is 0.426 e. The zero-order valence-corrected chi connectivity index (χ0v) is 28.3. The number of halogens is 2. The average molecular weight is 708 g/mol. The number of carbonyl (C=O) groups excluding carboxylic acids is 1. The number of β-lactam (4-membered cyclic amide) rings is 1. The van der Waals surface area contributed by atoms with Gasteiger partial charge in [-0.1, -0.05) is 42.5 Å². The van der Waals surface area contributed by atoms with Gasteiger partial charge in [0.2, 0.25) is 5.91 Å². The fourth-order valence-electron chi connectivity index (χ4n) is 6.59. The molecule has 4 aromatic carbocycles. The van der Waals surface area contributed by atoms with Crippen LogP contribution in [-0.2, 0) is 14.3 Å². The highest BCUT2D eigenvalue weighted by Gasteiger charge is 2.48. The minimum absolute atomic E-state index is 0.111. The molecule has 1 amide bonds. The molecule has 0 radical (unpaired) electrons. The van der Waals surface area contributed by atoms with Crippen LogP contribution in [0.2, 0.25) is 0 Å². The topological polar surface area (TPSA) is 129 Å². The molecular formula is C38H39F2NO8S. The monoisotopic (exact) mass is 707 g/mol. The minimum Gasteiger partial charge on any atom is -0.426 e. The van der Waals surface area contributed by atoms with E-state index in [9.17, 15) is 34.0 Å². The molecule has 50 heavy (non-hydrogen) atoms. The summed E-state index contributed by atoms with van der Waals surface area (Å²) in [5.41, 5.74) is 4.98. The Hall–Kier alpha value is -3.88. The van der Waals surface area contributed by atoms with Gasteiger partial charge in [0.05, 0.1) is 35.9 Å². The number of aliphatic hydroxyl groups is 4. The van der Waals surface area contributed by atoms with Crippen LogP contribution in [0.15, 0.2) is 91.0 Å². The van der Waals surface area contributed by atoms with E-state index in [-0.39, 0.29) is 23.5 Å². The number of aryl methyl sites for hydroxylation is 1. The summed E-state index contributed by atoms with van der Waals surface area (Å²) in [7, 11) is 1.34. The number of amides is 1. The molecule has 8 unspecified atom stereocenters.